The highest BCUT2D eigenvalue weighted by Crippen LogP contribution is 2.16. The van der Waals surface area contributed by atoms with Crippen LogP contribution in [0.2, 0.25) is 5.02 Å². The molecule has 2 aromatic rings. The van der Waals surface area contributed by atoms with E-state index in [1.807, 2.05) is 0 Å². The van der Waals surface area contributed by atoms with Gasteiger partial charge in [0.15, 0.2) is 11.6 Å². The lowest BCUT2D eigenvalue weighted by Crippen LogP contribution is -2.01. The summed E-state index contributed by atoms with van der Waals surface area (Å²) in [5.74, 6) is 0.437. The molecule has 5 heteroatoms. The van der Waals surface area contributed by atoms with E-state index in [1.54, 1.807) is 30.6 Å². The van der Waals surface area contributed by atoms with Crippen molar-refractivity contribution in [2.24, 2.45) is 0 Å². The molecular formula is C10H8ClN3O. The predicted molar refractivity (Wildman–Crippen MR) is 56.4 cm³/mol. The molecule has 4 nitrogen and oxygen atoms in total. The first-order valence-corrected chi connectivity index (χ1v) is 4.74. The van der Waals surface area contributed by atoms with Crippen LogP contribution >= 0.6 is 11.6 Å². The second-order valence-electron chi connectivity index (χ2n) is 3.01. The zero-order chi connectivity index (χ0) is 10.8. The van der Waals surface area contributed by atoms with Crippen LogP contribution in [-0.2, 0) is 0 Å². The van der Waals surface area contributed by atoms with E-state index in [-0.39, 0.29) is 5.78 Å². The highest BCUT2D eigenvalue weighted by molar-refractivity contribution is 6.32. The van der Waals surface area contributed by atoms with Gasteiger partial charge in [0, 0.05) is 19.3 Å². The van der Waals surface area contributed by atoms with Crippen molar-refractivity contribution in [3.8, 4) is 5.82 Å². The predicted octanol–water partition coefficient (Wildman–Crippen LogP) is 2.12. The van der Waals surface area contributed by atoms with Gasteiger partial charge in [0.25, 0.3) is 0 Å². The summed E-state index contributed by atoms with van der Waals surface area (Å²) in [4.78, 5) is 15.1. The molecule has 2 aromatic heterocycles. The van der Waals surface area contributed by atoms with Crippen molar-refractivity contribution in [2.75, 3.05) is 0 Å². The van der Waals surface area contributed by atoms with Crippen molar-refractivity contribution in [2.45, 2.75) is 6.92 Å². The van der Waals surface area contributed by atoms with Gasteiger partial charge in [-0.3, -0.25) is 4.79 Å². The maximum absolute atomic E-state index is 11.0. The van der Waals surface area contributed by atoms with E-state index in [0.717, 1.165) is 0 Å². The highest BCUT2D eigenvalue weighted by Gasteiger charge is 2.07. The molecule has 0 radical (unpaired) electrons. The number of Topliss-reactive ketones (excluding diaryl/α,β-unsaturated/α-hetero) is 1. The molecule has 0 atom stereocenters. The number of hydrogen-bond donors (Lipinski definition) is 0. The molecule has 76 valence electrons. The van der Waals surface area contributed by atoms with Gasteiger partial charge < -0.3 is 0 Å². The van der Waals surface area contributed by atoms with Crippen LogP contribution in [0.15, 0.2) is 30.6 Å². The highest BCUT2D eigenvalue weighted by atomic mass is 35.5. The number of aromatic nitrogens is 3. The number of nitrogens with zero attached hydrogens (tertiary/aromatic N) is 3. The molecule has 0 N–H and O–H groups in total. The summed E-state index contributed by atoms with van der Waals surface area (Å²) in [5, 5.41) is 4.56. The van der Waals surface area contributed by atoms with Crippen LogP contribution in [0.4, 0.5) is 0 Å². The van der Waals surface area contributed by atoms with Gasteiger partial charge in [-0.25, -0.2) is 9.67 Å². The Kier molecular flexibility index (Phi) is 2.51. The molecule has 0 bridgehead atoms. The summed E-state index contributed by atoms with van der Waals surface area (Å²) in [6.07, 6.45) is 3.28. The normalized spacial score (nSPS) is 10.3. The zero-order valence-corrected chi connectivity index (χ0v) is 8.77. The third kappa shape index (κ3) is 1.89. The summed E-state index contributed by atoms with van der Waals surface area (Å²) in [5.41, 5.74) is 0.400. The SMILES string of the molecule is CC(=O)c1ccn(-c2ncccc2Cl)n1. The number of halogens is 1. The van der Waals surface area contributed by atoms with Gasteiger partial charge in [0.05, 0.1) is 5.02 Å². The van der Waals surface area contributed by atoms with Gasteiger partial charge >= 0.3 is 0 Å². The molecule has 15 heavy (non-hydrogen) atoms. The van der Waals surface area contributed by atoms with Gasteiger partial charge in [-0.15, -0.1) is 0 Å². The Hall–Kier alpha value is -1.68. The van der Waals surface area contributed by atoms with Gasteiger partial charge in [-0.2, -0.15) is 5.10 Å². The maximum Gasteiger partial charge on any atom is 0.179 e. The van der Waals surface area contributed by atoms with Crippen molar-refractivity contribution in [1.82, 2.24) is 14.8 Å². The quantitative estimate of drug-likeness (QED) is 0.730. The minimum absolute atomic E-state index is 0.0826. The molecule has 0 aromatic carbocycles. The smallest absolute Gasteiger partial charge is 0.179 e. The summed E-state index contributed by atoms with van der Waals surface area (Å²) < 4.78 is 1.49. The molecule has 0 aliphatic rings. The van der Waals surface area contributed by atoms with Crippen LogP contribution in [0.3, 0.4) is 0 Å². The van der Waals surface area contributed by atoms with Crippen LogP contribution in [0.25, 0.3) is 5.82 Å². The molecule has 0 unspecified atom stereocenters. The maximum atomic E-state index is 11.0. The number of carbonyl (C=O) groups is 1. The minimum atomic E-state index is -0.0826. The first-order valence-electron chi connectivity index (χ1n) is 4.36. The van der Waals surface area contributed by atoms with Gasteiger partial charge in [0.2, 0.25) is 0 Å². The standard InChI is InChI=1S/C10H8ClN3O/c1-7(15)9-4-6-14(13-9)10-8(11)3-2-5-12-10/h2-6H,1H3. The number of hydrogen-bond acceptors (Lipinski definition) is 3. The van der Waals surface area contributed by atoms with E-state index in [0.29, 0.717) is 16.5 Å². The Labute approximate surface area is 91.5 Å². The third-order valence-electron chi connectivity index (χ3n) is 1.91. The van der Waals surface area contributed by atoms with Crippen LogP contribution < -0.4 is 0 Å². The number of rotatable bonds is 2. The van der Waals surface area contributed by atoms with E-state index in [2.05, 4.69) is 10.1 Å². The average Bonchev–Trinajstić information content (AvgIpc) is 2.67. The Morgan fingerprint density at radius 1 is 1.47 bits per heavy atom. The van der Waals surface area contributed by atoms with Crippen LogP contribution in [0.5, 0.6) is 0 Å². The molecule has 2 rings (SSSR count). The van der Waals surface area contributed by atoms with Crippen molar-refractivity contribution in [3.05, 3.63) is 41.3 Å². The van der Waals surface area contributed by atoms with Gasteiger partial charge in [-0.05, 0) is 18.2 Å². The summed E-state index contributed by atoms with van der Waals surface area (Å²) in [6.45, 7) is 1.46. The number of ketones is 1. The lowest BCUT2D eigenvalue weighted by molar-refractivity contribution is 0.101. The molecule has 0 spiro atoms. The Morgan fingerprint density at radius 3 is 2.87 bits per heavy atom. The van der Waals surface area contributed by atoms with E-state index < -0.39 is 0 Å². The lowest BCUT2D eigenvalue weighted by atomic mass is 10.3. The molecule has 0 fully saturated rings. The van der Waals surface area contributed by atoms with Gasteiger partial charge in [0.1, 0.15) is 5.69 Å². The number of pyridine rings is 1. The second kappa shape index (κ2) is 3.82. The second-order valence-corrected chi connectivity index (χ2v) is 3.42. The fraction of sp³-hybridized carbons (Fsp3) is 0.100. The van der Waals surface area contributed by atoms with Crippen LogP contribution in [-0.4, -0.2) is 20.5 Å². The van der Waals surface area contributed by atoms with E-state index >= 15 is 0 Å². The van der Waals surface area contributed by atoms with E-state index in [1.165, 1.54) is 11.6 Å². The Morgan fingerprint density at radius 2 is 2.27 bits per heavy atom. The van der Waals surface area contributed by atoms with Crippen molar-refractivity contribution >= 4 is 17.4 Å². The molecular weight excluding hydrogens is 214 g/mol. The summed E-state index contributed by atoms with van der Waals surface area (Å²) in [6, 6.07) is 5.09. The fourth-order valence-corrected chi connectivity index (χ4v) is 1.38. The summed E-state index contributed by atoms with van der Waals surface area (Å²) in [7, 11) is 0. The van der Waals surface area contributed by atoms with Crippen molar-refractivity contribution in [1.29, 1.82) is 0 Å². The van der Waals surface area contributed by atoms with Gasteiger partial charge in [-0.1, -0.05) is 11.6 Å². The lowest BCUT2D eigenvalue weighted by Gasteiger charge is -2.01. The van der Waals surface area contributed by atoms with Crippen LogP contribution in [0, 0.1) is 0 Å². The largest absolute Gasteiger partial charge is 0.293 e. The summed E-state index contributed by atoms with van der Waals surface area (Å²) >= 11 is 5.94. The van der Waals surface area contributed by atoms with Crippen LogP contribution in [0.1, 0.15) is 17.4 Å². The molecule has 0 aliphatic carbocycles. The molecule has 2 heterocycles. The topological polar surface area (TPSA) is 47.8 Å². The first-order chi connectivity index (χ1) is 7.18. The van der Waals surface area contributed by atoms with E-state index in [9.17, 15) is 4.79 Å². The molecule has 0 amide bonds. The van der Waals surface area contributed by atoms with Crippen molar-refractivity contribution < 1.29 is 4.79 Å². The first kappa shape index (κ1) is 9.86. The Bertz CT molecular complexity index is 507. The monoisotopic (exact) mass is 221 g/mol. The molecule has 0 saturated heterocycles. The van der Waals surface area contributed by atoms with Crippen molar-refractivity contribution in [3.63, 3.8) is 0 Å². The molecule has 0 aliphatic heterocycles. The fourth-order valence-electron chi connectivity index (χ4n) is 1.18. The third-order valence-corrected chi connectivity index (χ3v) is 2.20. The zero-order valence-electron chi connectivity index (χ0n) is 8.01. The van der Waals surface area contributed by atoms with E-state index in [4.69, 9.17) is 11.6 Å². The average molecular weight is 222 g/mol. The Balaban J connectivity index is 2.46. The molecule has 0 saturated carbocycles. The number of carbonyl (C=O) groups excluding carboxylic acids is 1. The minimum Gasteiger partial charge on any atom is -0.293 e.